The quantitative estimate of drug-likeness (QED) is 0.865. The molecule has 1 aromatic rings. The van der Waals surface area contributed by atoms with E-state index in [1.807, 2.05) is 12.1 Å². The third-order valence-corrected chi connectivity index (χ3v) is 3.70. The van der Waals surface area contributed by atoms with Gasteiger partial charge in [0.1, 0.15) is 5.82 Å². The Balaban J connectivity index is 1.95. The van der Waals surface area contributed by atoms with Gasteiger partial charge >= 0.3 is 0 Å². The minimum atomic E-state index is -0.181. The zero-order chi connectivity index (χ0) is 13.0. The zero-order valence-corrected chi connectivity index (χ0v) is 11.2. The minimum absolute atomic E-state index is 0.0343. The lowest BCUT2D eigenvalue weighted by molar-refractivity contribution is 0.0186. The van der Waals surface area contributed by atoms with Crippen molar-refractivity contribution in [2.75, 3.05) is 13.2 Å². The van der Waals surface area contributed by atoms with Crippen LogP contribution < -0.4 is 5.32 Å². The Bertz CT molecular complexity index is 371. The van der Waals surface area contributed by atoms with Crippen LogP contribution in [0.3, 0.4) is 0 Å². The van der Waals surface area contributed by atoms with Gasteiger partial charge in [-0.15, -0.1) is 0 Å². The summed E-state index contributed by atoms with van der Waals surface area (Å²) < 4.78 is 18.7. The molecular formula is C15H22FNO. The molecule has 2 nitrogen and oxygen atoms in total. The molecule has 0 bridgehead atoms. The van der Waals surface area contributed by atoms with Crippen molar-refractivity contribution in [2.24, 2.45) is 0 Å². The molecule has 1 aliphatic rings. The van der Waals surface area contributed by atoms with Gasteiger partial charge in [-0.1, -0.05) is 19.1 Å². The number of halogens is 1. The molecule has 0 aromatic heterocycles. The highest BCUT2D eigenvalue weighted by Crippen LogP contribution is 2.26. The lowest BCUT2D eigenvalue weighted by Crippen LogP contribution is -2.38. The Hall–Kier alpha value is -0.930. The summed E-state index contributed by atoms with van der Waals surface area (Å²) in [6, 6.07) is 7.02. The van der Waals surface area contributed by atoms with Gasteiger partial charge < -0.3 is 10.1 Å². The molecule has 0 spiro atoms. The Labute approximate surface area is 109 Å². The fourth-order valence-corrected chi connectivity index (χ4v) is 2.51. The normalized spacial score (nSPS) is 25.3. The summed E-state index contributed by atoms with van der Waals surface area (Å²) in [5, 5.41) is 3.54. The van der Waals surface area contributed by atoms with Crippen LogP contribution in [0.4, 0.5) is 4.39 Å². The van der Waals surface area contributed by atoms with Gasteiger partial charge in [-0.25, -0.2) is 4.39 Å². The molecule has 2 unspecified atom stereocenters. The molecule has 1 heterocycles. The predicted octanol–water partition coefficient (Wildman–Crippen LogP) is 3.44. The highest BCUT2D eigenvalue weighted by molar-refractivity contribution is 5.19. The second-order valence-electron chi connectivity index (χ2n) is 5.30. The third-order valence-electron chi connectivity index (χ3n) is 3.70. The average Bonchev–Trinajstić information content (AvgIpc) is 2.79. The van der Waals surface area contributed by atoms with Crippen LogP contribution in [0, 0.1) is 5.82 Å². The summed E-state index contributed by atoms with van der Waals surface area (Å²) in [6.07, 6.45) is 3.24. The van der Waals surface area contributed by atoms with Crippen molar-refractivity contribution in [3.8, 4) is 0 Å². The van der Waals surface area contributed by atoms with Crippen LogP contribution in [0.25, 0.3) is 0 Å². The second kappa shape index (κ2) is 5.81. The SMILES string of the molecule is CCC(NCC1(C)CCCO1)c1ccc(F)cc1. The highest BCUT2D eigenvalue weighted by Gasteiger charge is 2.30. The standard InChI is InChI=1S/C15H22FNO/c1-3-14(12-5-7-13(16)8-6-12)17-11-15(2)9-4-10-18-15/h5-8,14,17H,3-4,9-11H2,1-2H3. The molecule has 0 aliphatic carbocycles. The minimum Gasteiger partial charge on any atom is -0.374 e. The summed E-state index contributed by atoms with van der Waals surface area (Å²) in [7, 11) is 0. The van der Waals surface area contributed by atoms with Crippen LogP contribution in [0.15, 0.2) is 24.3 Å². The van der Waals surface area contributed by atoms with Gasteiger partial charge in [-0.3, -0.25) is 0 Å². The molecule has 1 fully saturated rings. The van der Waals surface area contributed by atoms with E-state index in [0.717, 1.165) is 38.0 Å². The monoisotopic (exact) mass is 251 g/mol. The third kappa shape index (κ3) is 3.30. The van der Waals surface area contributed by atoms with Gasteiger partial charge in [0.15, 0.2) is 0 Å². The molecule has 0 radical (unpaired) electrons. The lowest BCUT2D eigenvalue weighted by atomic mass is 10.00. The summed E-state index contributed by atoms with van der Waals surface area (Å²) in [4.78, 5) is 0. The van der Waals surface area contributed by atoms with Gasteiger partial charge in [0, 0.05) is 19.2 Å². The van der Waals surface area contributed by atoms with E-state index >= 15 is 0 Å². The van der Waals surface area contributed by atoms with Crippen molar-refractivity contribution in [3.63, 3.8) is 0 Å². The smallest absolute Gasteiger partial charge is 0.123 e. The van der Waals surface area contributed by atoms with Crippen molar-refractivity contribution in [1.82, 2.24) is 5.32 Å². The van der Waals surface area contributed by atoms with E-state index in [2.05, 4.69) is 19.2 Å². The second-order valence-corrected chi connectivity index (χ2v) is 5.30. The van der Waals surface area contributed by atoms with E-state index in [-0.39, 0.29) is 17.5 Å². The van der Waals surface area contributed by atoms with Crippen LogP contribution in [0.1, 0.15) is 44.7 Å². The fourth-order valence-electron chi connectivity index (χ4n) is 2.51. The number of rotatable bonds is 5. The number of nitrogens with one attached hydrogen (secondary N) is 1. The van der Waals surface area contributed by atoms with E-state index < -0.39 is 0 Å². The van der Waals surface area contributed by atoms with Crippen molar-refractivity contribution >= 4 is 0 Å². The van der Waals surface area contributed by atoms with E-state index in [1.54, 1.807) is 0 Å². The van der Waals surface area contributed by atoms with Gasteiger partial charge in [0.25, 0.3) is 0 Å². The van der Waals surface area contributed by atoms with Crippen LogP contribution in [0.5, 0.6) is 0 Å². The molecule has 1 saturated heterocycles. The summed E-state index contributed by atoms with van der Waals surface area (Å²) in [5.74, 6) is -0.181. The molecule has 2 atom stereocenters. The molecule has 0 amide bonds. The van der Waals surface area contributed by atoms with Crippen molar-refractivity contribution in [1.29, 1.82) is 0 Å². The van der Waals surface area contributed by atoms with Crippen LogP contribution >= 0.6 is 0 Å². The van der Waals surface area contributed by atoms with E-state index in [9.17, 15) is 4.39 Å². The maximum absolute atomic E-state index is 12.9. The van der Waals surface area contributed by atoms with E-state index in [0.29, 0.717) is 0 Å². The molecule has 3 heteroatoms. The number of ether oxygens (including phenoxy) is 1. The average molecular weight is 251 g/mol. The molecule has 100 valence electrons. The molecule has 1 aliphatic heterocycles. The van der Waals surface area contributed by atoms with Crippen LogP contribution in [-0.2, 0) is 4.74 Å². The number of hydrogen-bond acceptors (Lipinski definition) is 2. The lowest BCUT2D eigenvalue weighted by Gasteiger charge is -2.27. The maximum atomic E-state index is 12.9. The van der Waals surface area contributed by atoms with Gasteiger partial charge in [0.2, 0.25) is 0 Å². The summed E-state index contributed by atoms with van der Waals surface area (Å²) >= 11 is 0. The van der Waals surface area contributed by atoms with Gasteiger partial charge in [0.05, 0.1) is 5.60 Å². The Morgan fingerprint density at radius 1 is 1.39 bits per heavy atom. The predicted molar refractivity (Wildman–Crippen MR) is 71.0 cm³/mol. The first-order valence-corrected chi connectivity index (χ1v) is 6.76. The first-order chi connectivity index (χ1) is 8.63. The fraction of sp³-hybridized carbons (Fsp3) is 0.600. The van der Waals surface area contributed by atoms with Crippen LogP contribution in [-0.4, -0.2) is 18.8 Å². The van der Waals surface area contributed by atoms with E-state index in [4.69, 9.17) is 4.74 Å². The molecule has 18 heavy (non-hydrogen) atoms. The molecule has 1 aromatic carbocycles. The van der Waals surface area contributed by atoms with Crippen LogP contribution in [0.2, 0.25) is 0 Å². The van der Waals surface area contributed by atoms with Crippen molar-refractivity contribution in [3.05, 3.63) is 35.6 Å². The van der Waals surface area contributed by atoms with Gasteiger partial charge in [-0.05, 0) is 43.9 Å². The Morgan fingerprint density at radius 3 is 2.67 bits per heavy atom. The maximum Gasteiger partial charge on any atom is 0.123 e. The topological polar surface area (TPSA) is 21.3 Å². The zero-order valence-electron chi connectivity index (χ0n) is 11.2. The van der Waals surface area contributed by atoms with Crippen molar-refractivity contribution < 1.29 is 9.13 Å². The van der Waals surface area contributed by atoms with Crippen molar-refractivity contribution in [2.45, 2.75) is 44.8 Å². The Morgan fingerprint density at radius 2 is 2.11 bits per heavy atom. The Kier molecular flexibility index (Phi) is 4.36. The molecule has 1 N–H and O–H groups in total. The molecule has 2 rings (SSSR count). The van der Waals surface area contributed by atoms with E-state index in [1.165, 1.54) is 12.1 Å². The summed E-state index contributed by atoms with van der Waals surface area (Å²) in [6.45, 7) is 6.01. The molecular weight excluding hydrogens is 229 g/mol. The first-order valence-electron chi connectivity index (χ1n) is 6.76. The first kappa shape index (κ1) is 13.5. The van der Waals surface area contributed by atoms with Gasteiger partial charge in [-0.2, -0.15) is 0 Å². The number of hydrogen-bond donors (Lipinski definition) is 1. The summed E-state index contributed by atoms with van der Waals surface area (Å²) in [5.41, 5.74) is 1.11. The largest absolute Gasteiger partial charge is 0.374 e. The highest BCUT2D eigenvalue weighted by atomic mass is 19.1. The number of benzene rings is 1. The molecule has 0 saturated carbocycles.